The maximum atomic E-state index is 13.0. The molecule has 0 aromatic heterocycles. The Kier molecular flexibility index (Phi) is 7.33. The van der Waals surface area contributed by atoms with Gasteiger partial charge in [-0.15, -0.1) is 0 Å². The smallest absolute Gasteiger partial charge is 0.255 e. The van der Waals surface area contributed by atoms with Gasteiger partial charge in [0, 0.05) is 17.3 Å². The Balaban J connectivity index is 1.79. The summed E-state index contributed by atoms with van der Waals surface area (Å²) in [6.07, 6.45) is 4.78. The molecule has 1 fully saturated rings. The average Bonchev–Trinajstić information content (AvgIpc) is 2.75. The van der Waals surface area contributed by atoms with Crippen molar-refractivity contribution in [1.29, 1.82) is 0 Å². The SMILES string of the molecule is CCOc1ccc(NC(=O)c2ccc(OC)c(S(=O)(=O)NC3CCCCC3)c2)cc1. The minimum absolute atomic E-state index is 0.0325. The second-order valence-corrected chi connectivity index (χ2v) is 8.92. The summed E-state index contributed by atoms with van der Waals surface area (Å²) in [7, 11) is -2.40. The Hall–Kier alpha value is -2.58. The predicted octanol–water partition coefficient (Wildman–Crippen LogP) is 3.96. The molecule has 0 saturated heterocycles. The molecular weight excluding hydrogens is 404 g/mol. The molecule has 1 saturated carbocycles. The van der Waals surface area contributed by atoms with Crippen molar-refractivity contribution in [3.05, 3.63) is 48.0 Å². The monoisotopic (exact) mass is 432 g/mol. The van der Waals surface area contributed by atoms with Gasteiger partial charge in [0.2, 0.25) is 10.0 Å². The van der Waals surface area contributed by atoms with E-state index in [1.54, 1.807) is 30.3 Å². The summed E-state index contributed by atoms with van der Waals surface area (Å²) in [5, 5.41) is 2.77. The Morgan fingerprint density at radius 2 is 1.77 bits per heavy atom. The average molecular weight is 433 g/mol. The zero-order chi connectivity index (χ0) is 21.6. The fraction of sp³-hybridized carbons (Fsp3) is 0.409. The lowest BCUT2D eigenvalue weighted by Gasteiger charge is -2.23. The van der Waals surface area contributed by atoms with E-state index in [4.69, 9.17) is 9.47 Å². The van der Waals surface area contributed by atoms with Crippen LogP contribution in [0.2, 0.25) is 0 Å². The molecule has 2 aromatic carbocycles. The van der Waals surface area contributed by atoms with Crippen LogP contribution in [-0.4, -0.2) is 34.1 Å². The van der Waals surface area contributed by atoms with Crippen LogP contribution in [-0.2, 0) is 10.0 Å². The van der Waals surface area contributed by atoms with Crippen LogP contribution >= 0.6 is 0 Å². The van der Waals surface area contributed by atoms with E-state index in [1.807, 2.05) is 6.92 Å². The topological polar surface area (TPSA) is 93.7 Å². The number of methoxy groups -OCH3 is 1. The zero-order valence-electron chi connectivity index (χ0n) is 17.3. The Morgan fingerprint density at radius 1 is 1.07 bits per heavy atom. The molecule has 7 nitrogen and oxygen atoms in total. The van der Waals surface area contributed by atoms with Gasteiger partial charge >= 0.3 is 0 Å². The van der Waals surface area contributed by atoms with Crippen LogP contribution in [0.25, 0.3) is 0 Å². The van der Waals surface area contributed by atoms with Gasteiger partial charge in [0.15, 0.2) is 0 Å². The van der Waals surface area contributed by atoms with Crippen molar-refractivity contribution in [2.24, 2.45) is 0 Å². The zero-order valence-corrected chi connectivity index (χ0v) is 18.1. The minimum Gasteiger partial charge on any atom is -0.495 e. The molecule has 30 heavy (non-hydrogen) atoms. The van der Waals surface area contributed by atoms with Crippen LogP contribution in [0, 0.1) is 0 Å². The van der Waals surface area contributed by atoms with E-state index in [0.717, 1.165) is 32.1 Å². The maximum absolute atomic E-state index is 13.0. The number of anilines is 1. The number of hydrogen-bond acceptors (Lipinski definition) is 5. The van der Waals surface area contributed by atoms with Gasteiger partial charge in [0.1, 0.15) is 16.4 Å². The first-order chi connectivity index (χ1) is 14.4. The van der Waals surface area contributed by atoms with Gasteiger partial charge in [-0.1, -0.05) is 19.3 Å². The van der Waals surface area contributed by atoms with Crippen LogP contribution < -0.4 is 19.5 Å². The van der Waals surface area contributed by atoms with E-state index in [9.17, 15) is 13.2 Å². The summed E-state index contributed by atoms with van der Waals surface area (Å²) in [4.78, 5) is 12.7. The molecule has 2 N–H and O–H groups in total. The normalized spacial score (nSPS) is 14.9. The highest BCUT2D eigenvalue weighted by molar-refractivity contribution is 7.89. The molecule has 3 rings (SSSR count). The lowest BCUT2D eigenvalue weighted by atomic mass is 9.96. The lowest BCUT2D eigenvalue weighted by Crippen LogP contribution is -2.36. The van der Waals surface area contributed by atoms with E-state index in [0.29, 0.717) is 18.0 Å². The molecule has 1 aliphatic rings. The highest BCUT2D eigenvalue weighted by Crippen LogP contribution is 2.27. The summed E-state index contributed by atoms with van der Waals surface area (Å²) in [5.41, 5.74) is 0.817. The molecule has 0 heterocycles. The molecule has 0 radical (unpaired) electrons. The third kappa shape index (κ3) is 5.52. The Labute approximate surface area is 177 Å². The van der Waals surface area contributed by atoms with E-state index in [-0.39, 0.29) is 22.3 Å². The number of benzene rings is 2. The Bertz CT molecular complexity index is 968. The lowest BCUT2D eigenvalue weighted by molar-refractivity contribution is 0.102. The fourth-order valence-electron chi connectivity index (χ4n) is 3.54. The number of ether oxygens (including phenoxy) is 2. The van der Waals surface area contributed by atoms with Gasteiger partial charge in [-0.3, -0.25) is 4.79 Å². The largest absolute Gasteiger partial charge is 0.495 e. The predicted molar refractivity (Wildman–Crippen MR) is 116 cm³/mol. The number of sulfonamides is 1. The quantitative estimate of drug-likeness (QED) is 0.659. The van der Waals surface area contributed by atoms with Gasteiger partial charge in [-0.2, -0.15) is 0 Å². The summed E-state index contributed by atoms with van der Waals surface area (Å²) in [5.74, 6) is 0.508. The van der Waals surface area contributed by atoms with E-state index in [1.165, 1.54) is 19.2 Å². The number of hydrogen-bond donors (Lipinski definition) is 2. The molecule has 0 bridgehead atoms. The van der Waals surface area contributed by atoms with Gasteiger partial charge < -0.3 is 14.8 Å². The first-order valence-electron chi connectivity index (χ1n) is 10.2. The van der Waals surface area contributed by atoms with Crippen LogP contribution in [0.3, 0.4) is 0 Å². The number of rotatable bonds is 8. The van der Waals surface area contributed by atoms with Crippen molar-refractivity contribution >= 4 is 21.6 Å². The minimum atomic E-state index is -3.82. The first-order valence-corrected chi connectivity index (χ1v) is 11.7. The molecule has 0 atom stereocenters. The number of carbonyl (C=O) groups is 1. The van der Waals surface area contributed by atoms with Crippen molar-refractivity contribution in [1.82, 2.24) is 4.72 Å². The second-order valence-electron chi connectivity index (χ2n) is 7.23. The summed E-state index contributed by atoms with van der Waals surface area (Å²) >= 11 is 0. The molecule has 1 aliphatic carbocycles. The standard InChI is InChI=1S/C22H28N2O5S/c1-3-29-19-12-10-17(11-13-19)23-22(25)16-9-14-20(28-2)21(15-16)30(26,27)24-18-7-5-4-6-8-18/h9-15,18,24H,3-8H2,1-2H3,(H,23,25). The van der Waals surface area contributed by atoms with Crippen molar-refractivity contribution in [2.45, 2.75) is 50.0 Å². The van der Waals surface area contributed by atoms with Gasteiger partial charge in [-0.25, -0.2) is 13.1 Å². The van der Waals surface area contributed by atoms with Crippen LogP contribution in [0.15, 0.2) is 47.4 Å². The van der Waals surface area contributed by atoms with Crippen LogP contribution in [0.5, 0.6) is 11.5 Å². The van der Waals surface area contributed by atoms with Gasteiger partial charge in [0.25, 0.3) is 5.91 Å². The van der Waals surface area contributed by atoms with E-state index >= 15 is 0 Å². The van der Waals surface area contributed by atoms with Crippen molar-refractivity contribution in [3.8, 4) is 11.5 Å². The third-order valence-electron chi connectivity index (χ3n) is 5.07. The van der Waals surface area contributed by atoms with Crippen molar-refractivity contribution in [3.63, 3.8) is 0 Å². The Morgan fingerprint density at radius 3 is 2.40 bits per heavy atom. The molecule has 2 aromatic rings. The number of amides is 1. The van der Waals surface area contributed by atoms with E-state index in [2.05, 4.69) is 10.0 Å². The molecule has 0 aliphatic heterocycles. The van der Waals surface area contributed by atoms with E-state index < -0.39 is 15.9 Å². The molecule has 0 spiro atoms. The molecule has 8 heteroatoms. The highest BCUT2D eigenvalue weighted by Gasteiger charge is 2.26. The van der Waals surface area contributed by atoms with Crippen LogP contribution in [0.4, 0.5) is 5.69 Å². The van der Waals surface area contributed by atoms with Gasteiger partial charge in [-0.05, 0) is 62.2 Å². The molecular formula is C22H28N2O5S. The maximum Gasteiger partial charge on any atom is 0.255 e. The highest BCUT2D eigenvalue weighted by atomic mass is 32.2. The first kappa shape index (κ1) is 22.1. The van der Waals surface area contributed by atoms with Crippen LogP contribution in [0.1, 0.15) is 49.4 Å². The second kappa shape index (κ2) is 9.95. The fourth-order valence-corrected chi connectivity index (χ4v) is 5.04. The van der Waals surface area contributed by atoms with Crippen molar-refractivity contribution in [2.75, 3.05) is 19.0 Å². The summed E-state index contributed by atoms with van der Waals surface area (Å²) in [6, 6.07) is 11.3. The summed E-state index contributed by atoms with van der Waals surface area (Å²) in [6.45, 7) is 2.46. The summed E-state index contributed by atoms with van der Waals surface area (Å²) < 4.78 is 39.4. The number of carbonyl (C=O) groups excluding carboxylic acids is 1. The molecule has 162 valence electrons. The molecule has 0 unspecified atom stereocenters. The number of nitrogens with one attached hydrogen (secondary N) is 2. The molecule has 1 amide bonds. The van der Waals surface area contributed by atoms with Crippen molar-refractivity contribution < 1.29 is 22.7 Å². The van der Waals surface area contributed by atoms with Gasteiger partial charge in [0.05, 0.1) is 13.7 Å². The third-order valence-corrected chi connectivity index (χ3v) is 6.61.